The lowest BCUT2D eigenvalue weighted by Gasteiger charge is -2.10. The van der Waals surface area contributed by atoms with Crippen LogP contribution in [-0.4, -0.2) is 10.1 Å². The fraction of sp³-hybridized carbons (Fsp3) is 0.545. The van der Waals surface area contributed by atoms with Gasteiger partial charge in [0.15, 0.2) is 0 Å². The second-order valence-corrected chi connectivity index (χ2v) is 3.97. The first-order valence-electron chi connectivity index (χ1n) is 5.01. The molecule has 2 nitrogen and oxygen atoms in total. The number of halogens is 1. The minimum absolute atomic E-state index is 0.226. The Hall–Kier alpha value is -0.960. The van der Waals surface area contributed by atoms with Crippen molar-refractivity contribution >= 4 is 0 Å². The van der Waals surface area contributed by atoms with Gasteiger partial charge >= 0.3 is 0 Å². The molecule has 1 saturated carbocycles. The zero-order chi connectivity index (χ0) is 10.2. The minimum atomic E-state index is -0.914. The first-order valence-corrected chi connectivity index (χ1v) is 5.01. The average Bonchev–Trinajstić information content (AvgIpc) is 2.79. The van der Waals surface area contributed by atoms with Crippen LogP contribution in [0.25, 0.3) is 0 Å². The molecule has 1 heterocycles. The second kappa shape index (κ2) is 3.31. The third-order valence-corrected chi connectivity index (χ3v) is 2.95. The average molecular weight is 195 g/mol. The van der Waals surface area contributed by atoms with E-state index in [0.29, 0.717) is 12.0 Å². The molecule has 0 aromatic carbocycles. The van der Waals surface area contributed by atoms with Crippen LogP contribution in [0.3, 0.4) is 0 Å². The molecule has 14 heavy (non-hydrogen) atoms. The molecule has 1 aromatic heterocycles. The van der Waals surface area contributed by atoms with Crippen molar-refractivity contribution in [1.29, 1.82) is 0 Å². The quantitative estimate of drug-likeness (QED) is 0.802. The SMILES string of the molecule is CCCC1CC1(O)c1ccncc1F. The summed E-state index contributed by atoms with van der Waals surface area (Å²) in [5, 5.41) is 10.1. The van der Waals surface area contributed by atoms with Crippen LogP contribution in [0, 0.1) is 11.7 Å². The lowest BCUT2D eigenvalue weighted by molar-refractivity contribution is 0.124. The molecule has 2 unspecified atom stereocenters. The Morgan fingerprint density at radius 2 is 2.50 bits per heavy atom. The first-order chi connectivity index (χ1) is 6.68. The highest BCUT2D eigenvalue weighted by atomic mass is 19.1. The lowest BCUT2D eigenvalue weighted by atomic mass is 10.0. The van der Waals surface area contributed by atoms with Gasteiger partial charge < -0.3 is 5.11 Å². The number of hydrogen-bond acceptors (Lipinski definition) is 2. The monoisotopic (exact) mass is 195 g/mol. The summed E-state index contributed by atoms with van der Waals surface area (Å²) in [7, 11) is 0. The Morgan fingerprint density at radius 1 is 1.71 bits per heavy atom. The zero-order valence-corrected chi connectivity index (χ0v) is 8.20. The van der Waals surface area contributed by atoms with Gasteiger partial charge in [0.2, 0.25) is 0 Å². The normalized spacial score (nSPS) is 30.4. The van der Waals surface area contributed by atoms with Crippen LogP contribution in [0.5, 0.6) is 0 Å². The molecule has 76 valence electrons. The fourth-order valence-corrected chi connectivity index (χ4v) is 2.06. The Labute approximate surface area is 82.8 Å². The molecule has 0 radical (unpaired) electrons. The summed E-state index contributed by atoms with van der Waals surface area (Å²) in [5.74, 6) is -0.169. The van der Waals surface area contributed by atoms with Crippen molar-refractivity contribution in [3.63, 3.8) is 0 Å². The van der Waals surface area contributed by atoms with Gasteiger partial charge in [0, 0.05) is 11.8 Å². The predicted molar refractivity (Wildman–Crippen MR) is 51.1 cm³/mol. The number of aromatic nitrogens is 1. The van der Waals surface area contributed by atoms with Crippen LogP contribution in [-0.2, 0) is 5.60 Å². The number of aliphatic hydroxyl groups is 1. The molecule has 0 amide bonds. The Bertz CT molecular complexity index is 342. The summed E-state index contributed by atoms with van der Waals surface area (Å²) in [5.41, 5.74) is -0.505. The van der Waals surface area contributed by atoms with E-state index < -0.39 is 11.4 Å². The van der Waals surface area contributed by atoms with Crippen molar-refractivity contribution in [2.24, 2.45) is 5.92 Å². The van der Waals surface area contributed by atoms with Crippen LogP contribution in [0.4, 0.5) is 4.39 Å². The van der Waals surface area contributed by atoms with Gasteiger partial charge in [-0.25, -0.2) is 4.39 Å². The molecule has 1 N–H and O–H groups in total. The number of hydrogen-bond donors (Lipinski definition) is 1. The largest absolute Gasteiger partial charge is 0.385 e. The van der Waals surface area contributed by atoms with Gasteiger partial charge in [0.1, 0.15) is 5.82 Å². The van der Waals surface area contributed by atoms with E-state index in [-0.39, 0.29) is 5.92 Å². The number of pyridine rings is 1. The van der Waals surface area contributed by atoms with E-state index >= 15 is 0 Å². The van der Waals surface area contributed by atoms with E-state index in [0.717, 1.165) is 19.0 Å². The molecule has 1 fully saturated rings. The molecule has 0 aliphatic heterocycles. The van der Waals surface area contributed by atoms with Crippen molar-refractivity contribution in [2.45, 2.75) is 31.8 Å². The smallest absolute Gasteiger partial charge is 0.147 e. The van der Waals surface area contributed by atoms with Crippen molar-refractivity contribution in [3.05, 3.63) is 29.8 Å². The maximum atomic E-state index is 13.3. The highest BCUT2D eigenvalue weighted by Gasteiger charge is 2.54. The summed E-state index contributed by atoms with van der Waals surface area (Å²) in [6.07, 6.45) is 5.35. The third kappa shape index (κ3) is 1.42. The summed E-state index contributed by atoms with van der Waals surface area (Å²) in [6, 6.07) is 1.57. The predicted octanol–water partition coefficient (Wildman–Crippen LogP) is 2.23. The van der Waals surface area contributed by atoms with Gasteiger partial charge in [-0.15, -0.1) is 0 Å². The lowest BCUT2D eigenvalue weighted by Crippen LogP contribution is -2.11. The van der Waals surface area contributed by atoms with Crippen LogP contribution in [0.2, 0.25) is 0 Å². The highest BCUT2D eigenvalue weighted by Crippen LogP contribution is 2.54. The van der Waals surface area contributed by atoms with E-state index in [4.69, 9.17) is 0 Å². The maximum Gasteiger partial charge on any atom is 0.147 e. The van der Waals surface area contributed by atoms with Crippen LogP contribution >= 0.6 is 0 Å². The molecule has 0 bridgehead atoms. The highest BCUT2D eigenvalue weighted by molar-refractivity contribution is 5.28. The van der Waals surface area contributed by atoms with E-state index in [9.17, 15) is 9.50 Å². The van der Waals surface area contributed by atoms with E-state index in [1.807, 2.05) is 0 Å². The first kappa shape index (κ1) is 9.59. The fourth-order valence-electron chi connectivity index (χ4n) is 2.06. The van der Waals surface area contributed by atoms with Gasteiger partial charge in [-0.1, -0.05) is 13.3 Å². The van der Waals surface area contributed by atoms with Gasteiger partial charge in [-0.2, -0.15) is 0 Å². The molecule has 1 aliphatic carbocycles. The molecule has 2 atom stereocenters. The van der Waals surface area contributed by atoms with Crippen LogP contribution in [0.1, 0.15) is 31.7 Å². The zero-order valence-electron chi connectivity index (χ0n) is 8.20. The Morgan fingerprint density at radius 3 is 3.14 bits per heavy atom. The van der Waals surface area contributed by atoms with E-state index in [1.54, 1.807) is 6.07 Å². The van der Waals surface area contributed by atoms with E-state index in [2.05, 4.69) is 11.9 Å². The topological polar surface area (TPSA) is 33.1 Å². The number of rotatable bonds is 3. The number of nitrogens with zero attached hydrogens (tertiary/aromatic N) is 1. The molecule has 2 rings (SSSR count). The van der Waals surface area contributed by atoms with Gasteiger partial charge in [-0.3, -0.25) is 4.98 Å². The van der Waals surface area contributed by atoms with Crippen molar-refractivity contribution in [2.75, 3.05) is 0 Å². The summed E-state index contributed by atoms with van der Waals surface area (Å²) >= 11 is 0. The van der Waals surface area contributed by atoms with Gasteiger partial charge in [0.05, 0.1) is 11.8 Å². The second-order valence-electron chi connectivity index (χ2n) is 3.97. The van der Waals surface area contributed by atoms with Crippen molar-refractivity contribution in [3.8, 4) is 0 Å². The molecule has 1 aromatic rings. The summed E-state index contributed by atoms with van der Waals surface area (Å²) < 4.78 is 13.3. The third-order valence-electron chi connectivity index (χ3n) is 2.95. The van der Waals surface area contributed by atoms with E-state index in [1.165, 1.54) is 6.20 Å². The maximum absolute atomic E-state index is 13.3. The van der Waals surface area contributed by atoms with Crippen LogP contribution in [0.15, 0.2) is 18.5 Å². The molecular weight excluding hydrogens is 181 g/mol. The molecular formula is C11H14FNO. The minimum Gasteiger partial charge on any atom is -0.385 e. The standard InChI is InChI=1S/C11H14FNO/c1-2-3-8-6-11(8,14)9-4-5-13-7-10(9)12/h4-5,7-8,14H,2-3,6H2,1H3. The summed E-state index contributed by atoms with van der Waals surface area (Å²) in [6.45, 7) is 2.07. The Balaban J connectivity index is 2.21. The van der Waals surface area contributed by atoms with Crippen molar-refractivity contribution in [1.82, 2.24) is 4.98 Å². The Kier molecular flexibility index (Phi) is 2.27. The van der Waals surface area contributed by atoms with Crippen LogP contribution < -0.4 is 0 Å². The van der Waals surface area contributed by atoms with Crippen molar-refractivity contribution < 1.29 is 9.50 Å². The summed E-state index contributed by atoms with van der Waals surface area (Å²) in [4.78, 5) is 3.67. The van der Waals surface area contributed by atoms with Gasteiger partial charge in [0.25, 0.3) is 0 Å². The molecule has 0 saturated heterocycles. The van der Waals surface area contributed by atoms with Gasteiger partial charge in [-0.05, 0) is 24.8 Å². The molecule has 1 aliphatic rings. The molecule has 0 spiro atoms. The molecule has 3 heteroatoms.